The van der Waals surface area contributed by atoms with E-state index in [0.717, 1.165) is 11.1 Å². The second-order valence-corrected chi connectivity index (χ2v) is 5.11. The summed E-state index contributed by atoms with van der Waals surface area (Å²) in [6.07, 6.45) is -0.276. The molecular formula is C17H16FNO2. The molecule has 1 atom stereocenters. The molecule has 3 nitrogen and oxygen atoms in total. The van der Waals surface area contributed by atoms with E-state index in [0.29, 0.717) is 13.1 Å². The van der Waals surface area contributed by atoms with Gasteiger partial charge in [0, 0.05) is 6.54 Å². The number of morpholine rings is 1. The van der Waals surface area contributed by atoms with Gasteiger partial charge in [0.2, 0.25) is 5.91 Å². The molecule has 0 aromatic heterocycles. The second-order valence-electron chi connectivity index (χ2n) is 5.11. The van der Waals surface area contributed by atoms with Crippen LogP contribution in [0.4, 0.5) is 4.39 Å². The number of hydrogen-bond donors (Lipinski definition) is 0. The molecule has 4 heteroatoms. The van der Waals surface area contributed by atoms with Gasteiger partial charge in [0.05, 0.1) is 6.54 Å². The Kier molecular flexibility index (Phi) is 3.97. The van der Waals surface area contributed by atoms with Gasteiger partial charge >= 0.3 is 0 Å². The van der Waals surface area contributed by atoms with Crippen molar-refractivity contribution >= 4 is 5.91 Å². The largest absolute Gasteiger partial charge is 0.362 e. The first-order valence-electron chi connectivity index (χ1n) is 6.91. The minimum atomic E-state index is -0.289. The molecule has 0 bridgehead atoms. The molecule has 1 aliphatic heterocycles. The predicted molar refractivity (Wildman–Crippen MR) is 77.0 cm³/mol. The van der Waals surface area contributed by atoms with E-state index in [9.17, 15) is 9.18 Å². The van der Waals surface area contributed by atoms with E-state index < -0.39 is 0 Å². The van der Waals surface area contributed by atoms with Crippen molar-refractivity contribution in [3.8, 4) is 0 Å². The topological polar surface area (TPSA) is 29.5 Å². The summed E-state index contributed by atoms with van der Waals surface area (Å²) in [5, 5.41) is 0. The number of hydrogen-bond acceptors (Lipinski definition) is 2. The molecule has 1 heterocycles. The van der Waals surface area contributed by atoms with E-state index in [4.69, 9.17) is 4.74 Å². The van der Waals surface area contributed by atoms with Gasteiger partial charge in [-0.15, -0.1) is 0 Å². The number of rotatable bonds is 3. The molecular weight excluding hydrogens is 269 g/mol. The molecule has 1 amide bonds. The maximum Gasteiger partial charge on any atom is 0.249 e. The number of ether oxygens (including phenoxy) is 1. The van der Waals surface area contributed by atoms with Crippen LogP contribution in [0.15, 0.2) is 54.6 Å². The van der Waals surface area contributed by atoms with Crippen molar-refractivity contribution in [3.63, 3.8) is 0 Å². The molecule has 0 aliphatic carbocycles. The summed E-state index contributed by atoms with van der Waals surface area (Å²) < 4.78 is 18.8. The minimum Gasteiger partial charge on any atom is -0.362 e. The molecule has 0 radical (unpaired) electrons. The second kappa shape index (κ2) is 6.06. The van der Waals surface area contributed by atoms with Gasteiger partial charge in [0.25, 0.3) is 0 Å². The van der Waals surface area contributed by atoms with E-state index in [1.54, 1.807) is 11.0 Å². The van der Waals surface area contributed by atoms with Crippen LogP contribution in [0.3, 0.4) is 0 Å². The predicted octanol–water partition coefficient (Wildman–Crippen LogP) is 2.93. The van der Waals surface area contributed by atoms with Crippen molar-refractivity contribution in [2.24, 2.45) is 0 Å². The lowest BCUT2D eigenvalue weighted by molar-refractivity contribution is -0.150. The van der Waals surface area contributed by atoms with Crippen molar-refractivity contribution < 1.29 is 13.9 Å². The van der Waals surface area contributed by atoms with Gasteiger partial charge in [-0.25, -0.2) is 4.39 Å². The average molecular weight is 285 g/mol. The highest BCUT2D eigenvalue weighted by molar-refractivity contribution is 5.78. The molecule has 21 heavy (non-hydrogen) atoms. The Labute approximate surface area is 123 Å². The van der Waals surface area contributed by atoms with Crippen LogP contribution >= 0.6 is 0 Å². The van der Waals surface area contributed by atoms with Gasteiger partial charge in [-0.05, 0) is 23.3 Å². The zero-order chi connectivity index (χ0) is 14.7. The van der Waals surface area contributed by atoms with Crippen LogP contribution in [0.1, 0.15) is 17.2 Å². The zero-order valence-electron chi connectivity index (χ0n) is 11.5. The first-order valence-corrected chi connectivity index (χ1v) is 6.91. The van der Waals surface area contributed by atoms with E-state index >= 15 is 0 Å². The number of carbonyl (C=O) groups excluding carboxylic acids is 1. The Morgan fingerprint density at radius 2 is 1.95 bits per heavy atom. The van der Waals surface area contributed by atoms with Gasteiger partial charge < -0.3 is 9.64 Å². The Morgan fingerprint density at radius 1 is 1.14 bits per heavy atom. The summed E-state index contributed by atoms with van der Waals surface area (Å²) >= 11 is 0. The SMILES string of the molecule is O=C1COC(c2cccc(F)c2)CN1Cc1ccccc1. The Hall–Kier alpha value is -2.20. The third kappa shape index (κ3) is 3.28. The molecule has 0 N–H and O–H groups in total. The van der Waals surface area contributed by atoms with Crippen LogP contribution < -0.4 is 0 Å². The summed E-state index contributed by atoms with van der Waals surface area (Å²) in [5.74, 6) is -0.325. The molecule has 2 aromatic rings. The number of benzene rings is 2. The number of carbonyl (C=O) groups is 1. The molecule has 0 saturated carbocycles. The quantitative estimate of drug-likeness (QED) is 0.868. The molecule has 2 aromatic carbocycles. The van der Waals surface area contributed by atoms with E-state index in [1.807, 2.05) is 36.4 Å². The highest BCUT2D eigenvalue weighted by atomic mass is 19.1. The van der Waals surface area contributed by atoms with Crippen molar-refractivity contribution in [2.75, 3.05) is 13.2 Å². The van der Waals surface area contributed by atoms with Gasteiger partial charge in [0.1, 0.15) is 18.5 Å². The van der Waals surface area contributed by atoms with Crippen molar-refractivity contribution in [3.05, 3.63) is 71.5 Å². The minimum absolute atomic E-state index is 0.0356. The molecule has 1 unspecified atom stereocenters. The maximum absolute atomic E-state index is 13.3. The van der Waals surface area contributed by atoms with Gasteiger partial charge in [-0.2, -0.15) is 0 Å². The monoisotopic (exact) mass is 285 g/mol. The third-order valence-corrected chi connectivity index (χ3v) is 3.58. The number of halogens is 1. The highest BCUT2D eigenvalue weighted by Crippen LogP contribution is 2.24. The lowest BCUT2D eigenvalue weighted by Gasteiger charge is -2.33. The van der Waals surface area contributed by atoms with Crippen LogP contribution in [-0.2, 0) is 16.1 Å². The molecule has 1 saturated heterocycles. The first kappa shape index (κ1) is 13.8. The molecule has 1 aliphatic rings. The normalized spacial score (nSPS) is 18.8. The number of amides is 1. The van der Waals surface area contributed by atoms with Gasteiger partial charge in [-0.3, -0.25) is 4.79 Å². The molecule has 108 valence electrons. The Balaban J connectivity index is 1.74. The van der Waals surface area contributed by atoms with Crippen molar-refractivity contribution in [2.45, 2.75) is 12.6 Å². The van der Waals surface area contributed by atoms with E-state index in [-0.39, 0.29) is 24.4 Å². The average Bonchev–Trinajstić information content (AvgIpc) is 2.50. The van der Waals surface area contributed by atoms with E-state index in [1.165, 1.54) is 12.1 Å². The fourth-order valence-electron chi connectivity index (χ4n) is 2.48. The van der Waals surface area contributed by atoms with Gasteiger partial charge in [-0.1, -0.05) is 42.5 Å². The summed E-state index contributed by atoms with van der Waals surface area (Å²) in [5.41, 5.74) is 1.84. The third-order valence-electron chi connectivity index (χ3n) is 3.58. The summed E-state index contributed by atoms with van der Waals surface area (Å²) in [4.78, 5) is 13.7. The lowest BCUT2D eigenvalue weighted by atomic mass is 10.1. The van der Waals surface area contributed by atoms with Crippen molar-refractivity contribution in [1.82, 2.24) is 4.90 Å². The van der Waals surface area contributed by atoms with Crippen LogP contribution in [-0.4, -0.2) is 24.0 Å². The van der Waals surface area contributed by atoms with Crippen LogP contribution in [0.5, 0.6) is 0 Å². The standard InChI is InChI=1S/C17H16FNO2/c18-15-8-4-7-14(9-15)16-11-19(17(20)12-21-16)10-13-5-2-1-3-6-13/h1-9,16H,10-12H2. The summed E-state index contributed by atoms with van der Waals surface area (Å²) in [7, 11) is 0. The first-order chi connectivity index (χ1) is 10.2. The van der Waals surface area contributed by atoms with Crippen LogP contribution in [0.2, 0.25) is 0 Å². The van der Waals surface area contributed by atoms with Crippen molar-refractivity contribution in [1.29, 1.82) is 0 Å². The fraction of sp³-hybridized carbons (Fsp3) is 0.235. The van der Waals surface area contributed by atoms with E-state index in [2.05, 4.69) is 0 Å². The lowest BCUT2D eigenvalue weighted by Crippen LogP contribution is -2.42. The number of nitrogens with zero attached hydrogens (tertiary/aromatic N) is 1. The maximum atomic E-state index is 13.3. The molecule has 3 rings (SSSR count). The Morgan fingerprint density at radius 3 is 2.71 bits per heavy atom. The summed E-state index contributed by atoms with van der Waals surface area (Å²) in [6.45, 7) is 1.03. The molecule has 1 fully saturated rings. The smallest absolute Gasteiger partial charge is 0.249 e. The molecule has 0 spiro atoms. The highest BCUT2D eigenvalue weighted by Gasteiger charge is 2.27. The van der Waals surface area contributed by atoms with Crippen LogP contribution in [0, 0.1) is 5.82 Å². The van der Waals surface area contributed by atoms with Crippen LogP contribution in [0.25, 0.3) is 0 Å². The summed E-state index contributed by atoms with van der Waals surface area (Å²) in [6, 6.07) is 16.2. The Bertz CT molecular complexity index is 630. The van der Waals surface area contributed by atoms with Gasteiger partial charge in [0.15, 0.2) is 0 Å². The fourth-order valence-corrected chi connectivity index (χ4v) is 2.48. The zero-order valence-corrected chi connectivity index (χ0v) is 11.5.